The number of rotatable bonds is 4. The molecule has 0 radical (unpaired) electrons. The number of benzene rings is 4. The predicted octanol–water partition coefficient (Wildman–Crippen LogP) is 5.85. The van der Waals surface area contributed by atoms with Gasteiger partial charge in [0.15, 0.2) is 0 Å². The van der Waals surface area contributed by atoms with Crippen molar-refractivity contribution in [3.05, 3.63) is 119 Å². The molecule has 1 aliphatic rings. The molecule has 0 fully saturated rings. The van der Waals surface area contributed by atoms with E-state index in [1.807, 2.05) is 67.6 Å². The Balaban J connectivity index is 1.68. The number of amides is 1. The van der Waals surface area contributed by atoms with Crippen LogP contribution in [0.5, 0.6) is 11.5 Å². The van der Waals surface area contributed by atoms with Crippen LogP contribution in [0.25, 0.3) is 10.8 Å². The van der Waals surface area contributed by atoms with Gasteiger partial charge in [0.25, 0.3) is 5.91 Å². The van der Waals surface area contributed by atoms with E-state index in [4.69, 9.17) is 9.47 Å². The van der Waals surface area contributed by atoms with Gasteiger partial charge < -0.3 is 9.47 Å². The highest BCUT2D eigenvalue weighted by molar-refractivity contribution is 5.98. The number of carbonyl (C=O) groups is 1. The lowest BCUT2D eigenvalue weighted by molar-refractivity contribution is 0.0944. The van der Waals surface area contributed by atoms with Crippen LogP contribution in [0.4, 0.5) is 0 Å². The number of nitrogens with zero attached hydrogens (tertiary/aromatic N) is 1. The third kappa shape index (κ3) is 3.66. The minimum absolute atomic E-state index is 0.131. The molecule has 1 atom stereocenters. The lowest BCUT2D eigenvalue weighted by Crippen LogP contribution is -2.31. The van der Waals surface area contributed by atoms with Crippen molar-refractivity contribution in [2.45, 2.75) is 12.8 Å². The number of carbonyl (C=O) groups excluding carboxylic acids is 1. The van der Waals surface area contributed by atoms with E-state index in [1.54, 1.807) is 24.3 Å². The van der Waals surface area contributed by atoms with Gasteiger partial charge in [0.05, 0.1) is 18.6 Å². The number of fused-ring (bicyclic) bond motifs is 3. The van der Waals surface area contributed by atoms with Gasteiger partial charge in [-0.1, -0.05) is 72.3 Å². The molecular formula is C29H22N2O3. The summed E-state index contributed by atoms with van der Waals surface area (Å²) in [5.41, 5.74) is 3.69. The van der Waals surface area contributed by atoms with Crippen molar-refractivity contribution in [1.82, 2.24) is 5.32 Å². The molecule has 0 spiro atoms. The van der Waals surface area contributed by atoms with Gasteiger partial charge in [-0.05, 0) is 41.5 Å². The Labute approximate surface area is 197 Å². The predicted molar refractivity (Wildman–Crippen MR) is 131 cm³/mol. The van der Waals surface area contributed by atoms with Crippen molar-refractivity contribution < 1.29 is 14.3 Å². The fourth-order valence-electron chi connectivity index (χ4n) is 4.41. The average Bonchev–Trinajstić information content (AvgIpc) is 2.88. The lowest BCUT2D eigenvalue weighted by atomic mass is 9.81. The summed E-state index contributed by atoms with van der Waals surface area (Å²) in [6.07, 6.45) is 0. The van der Waals surface area contributed by atoms with E-state index >= 15 is 0 Å². The van der Waals surface area contributed by atoms with Crippen molar-refractivity contribution in [3.63, 3.8) is 0 Å². The van der Waals surface area contributed by atoms with E-state index in [0.29, 0.717) is 22.6 Å². The van der Waals surface area contributed by atoms with Crippen LogP contribution < -0.4 is 14.8 Å². The summed E-state index contributed by atoms with van der Waals surface area (Å²) in [4.78, 5) is 13.2. The van der Waals surface area contributed by atoms with Crippen molar-refractivity contribution in [2.75, 3.05) is 7.11 Å². The molecule has 1 heterocycles. The summed E-state index contributed by atoms with van der Waals surface area (Å²) in [6.45, 7) is 2.02. The van der Waals surface area contributed by atoms with E-state index < -0.39 is 11.8 Å². The molecule has 0 unspecified atom stereocenters. The molecule has 34 heavy (non-hydrogen) atoms. The third-order valence-electron chi connectivity index (χ3n) is 6.07. The Morgan fingerprint density at radius 1 is 0.971 bits per heavy atom. The van der Waals surface area contributed by atoms with Gasteiger partial charge in [-0.2, -0.15) is 5.26 Å². The summed E-state index contributed by atoms with van der Waals surface area (Å²) < 4.78 is 11.5. The maximum absolute atomic E-state index is 13.2. The topological polar surface area (TPSA) is 71.3 Å². The highest BCUT2D eigenvalue weighted by Crippen LogP contribution is 2.46. The second kappa shape index (κ2) is 8.76. The Morgan fingerprint density at radius 2 is 1.71 bits per heavy atom. The Kier molecular flexibility index (Phi) is 5.49. The monoisotopic (exact) mass is 446 g/mol. The van der Waals surface area contributed by atoms with Gasteiger partial charge in [0.1, 0.15) is 23.1 Å². The largest absolute Gasteiger partial charge is 0.496 e. The average molecular weight is 447 g/mol. The van der Waals surface area contributed by atoms with Crippen molar-refractivity contribution in [2.24, 2.45) is 0 Å². The molecule has 0 aromatic heterocycles. The van der Waals surface area contributed by atoms with Crippen molar-refractivity contribution in [1.29, 1.82) is 5.26 Å². The van der Waals surface area contributed by atoms with Crippen LogP contribution in [0.3, 0.4) is 0 Å². The van der Waals surface area contributed by atoms with Crippen LogP contribution in [0.2, 0.25) is 0 Å². The number of methoxy groups -OCH3 is 1. The Hall–Kier alpha value is -4.56. The summed E-state index contributed by atoms with van der Waals surface area (Å²) >= 11 is 0. The van der Waals surface area contributed by atoms with Crippen LogP contribution >= 0.6 is 0 Å². The number of hydrogen-bond donors (Lipinski definition) is 1. The number of para-hydroxylation sites is 1. The summed E-state index contributed by atoms with van der Waals surface area (Å²) in [7, 11) is 1.51. The second-order valence-corrected chi connectivity index (χ2v) is 8.15. The Bertz CT molecular complexity index is 1480. The smallest absolute Gasteiger partial charge is 0.261 e. The molecule has 4 aromatic rings. The fourth-order valence-corrected chi connectivity index (χ4v) is 4.41. The highest BCUT2D eigenvalue weighted by atomic mass is 16.5. The zero-order valence-electron chi connectivity index (χ0n) is 18.8. The zero-order valence-corrected chi connectivity index (χ0v) is 18.8. The van der Waals surface area contributed by atoms with E-state index in [2.05, 4.69) is 11.4 Å². The molecule has 1 N–H and O–H groups in total. The van der Waals surface area contributed by atoms with Gasteiger partial charge >= 0.3 is 0 Å². The number of nitrogens with one attached hydrogen (secondary N) is 1. The molecule has 1 amide bonds. The molecule has 0 saturated heterocycles. The molecule has 166 valence electrons. The van der Waals surface area contributed by atoms with E-state index in [1.165, 1.54) is 7.11 Å². The standard InChI is InChI=1S/C29H22N2O3/c1-18-11-13-20(14-12-18)26-23(17-30)29(31-28(32)22-9-5-6-10-24(22)33-2)34-25-16-15-19-7-3-4-8-21(19)27(25)26/h3-16,26H,1-2H3,(H,31,32)/t26-/m1/s1. The number of aryl methyl sites for hydroxylation is 1. The van der Waals surface area contributed by atoms with Crippen molar-refractivity contribution >= 4 is 16.7 Å². The van der Waals surface area contributed by atoms with E-state index in [0.717, 1.165) is 27.5 Å². The molecule has 1 aliphatic heterocycles. The van der Waals surface area contributed by atoms with Crippen LogP contribution in [0.1, 0.15) is 33.0 Å². The molecule has 5 rings (SSSR count). The van der Waals surface area contributed by atoms with Gasteiger partial charge in [-0.15, -0.1) is 0 Å². The number of nitriles is 1. The number of allylic oxidation sites excluding steroid dienone is 1. The summed E-state index contributed by atoms with van der Waals surface area (Å²) in [5, 5.41) is 15.2. The number of ether oxygens (including phenoxy) is 2. The summed E-state index contributed by atoms with van der Waals surface area (Å²) in [5.74, 6) is 0.377. The van der Waals surface area contributed by atoms with Gasteiger partial charge in [-0.25, -0.2) is 0 Å². The first-order chi connectivity index (χ1) is 16.6. The molecule has 0 saturated carbocycles. The Morgan fingerprint density at radius 3 is 2.47 bits per heavy atom. The maximum atomic E-state index is 13.2. The first kappa shape index (κ1) is 21.3. The highest BCUT2D eigenvalue weighted by Gasteiger charge is 2.34. The fraction of sp³-hybridized carbons (Fsp3) is 0.103. The zero-order chi connectivity index (χ0) is 23.7. The van der Waals surface area contributed by atoms with Crippen LogP contribution in [-0.4, -0.2) is 13.0 Å². The number of hydrogen-bond acceptors (Lipinski definition) is 4. The normalized spacial score (nSPS) is 14.7. The van der Waals surface area contributed by atoms with Crippen molar-refractivity contribution in [3.8, 4) is 17.6 Å². The minimum atomic E-state index is -0.410. The third-order valence-corrected chi connectivity index (χ3v) is 6.07. The molecule has 0 aliphatic carbocycles. The molecular weight excluding hydrogens is 424 g/mol. The van der Waals surface area contributed by atoms with Crippen LogP contribution in [0, 0.1) is 18.3 Å². The van der Waals surface area contributed by atoms with Gasteiger partial charge in [0.2, 0.25) is 5.88 Å². The lowest BCUT2D eigenvalue weighted by Gasteiger charge is -2.29. The summed E-state index contributed by atoms with van der Waals surface area (Å²) in [6, 6.07) is 29.3. The molecule has 5 heteroatoms. The van der Waals surface area contributed by atoms with E-state index in [9.17, 15) is 10.1 Å². The maximum Gasteiger partial charge on any atom is 0.261 e. The van der Waals surface area contributed by atoms with E-state index in [-0.39, 0.29) is 5.88 Å². The van der Waals surface area contributed by atoms with Crippen LogP contribution in [-0.2, 0) is 0 Å². The minimum Gasteiger partial charge on any atom is -0.496 e. The van der Waals surface area contributed by atoms with Crippen LogP contribution in [0.15, 0.2) is 96.4 Å². The van der Waals surface area contributed by atoms with Gasteiger partial charge in [0, 0.05) is 5.56 Å². The second-order valence-electron chi connectivity index (χ2n) is 8.15. The van der Waals surface area contributed by atoms with Gasteiger partial charge in [-0.3, -0.25) is 10.1 Å². The quantitative estimate of drug-likeness (QED) is 0.427. The first-order valence-electron chi connectivity index (χ1n) is 11.0. The first-order valence-corrected chi connectivity index (χ1v) is 11.0. The molecule has 4 aromatic carbocycles. The molecule has 5 nitrogen and oxygen atoms in total. The molecule has 0 bridgehead atoms. The SMILES string of the molecule is COc1ccccc1C(=O)NC1=C(C#N)[C@@H](c2ccc(C)cc2)c2c(ccc3ccccc23)O1.